The normalized spacial score (nSPS) is 13.3. The van der Waals surface area contributed by atoms with Gasteiger partial charge in [0.15, 0.2) is 0 Å². The molecule has 180 valence electrons. The third-order valence-electron chi connectivity index (χ3n) is 6.17. The van der Waals surface area contributed by atoms with Crippen LogP contribution >= 0.6 is 0 Å². The van der Waals surface area contributed by atoms with Crippen molar-refractivity contribution in [1.82, 2.24) is 4.90 Å². The van der Waals surface area contributed by atoms with Gasteiger partial charge in [0.1, 0.15) is 6.54 Å². The number of carbonyl (C=O) groups excluding carboxylic acids is 1. The van der Waals surface area contributed by atoms with Crippen molar-refractivity contribution in [2.45, 2.75) is 6.92 Å². The minimum absolute atomic E-state index is 0.0414. The van der Waals surface area contributed by atoms with Crippen molar-refractivity contribution in [3.63, 3.8) is 0 Å². The van der Waals surface area contributed by atoms with Crippen molar-refractivity contribution >= 4 is 28.9 Å². The highest BCUT2D eigenvalue weighted by atomic mass is 16.5. The maximum Gasteiger partial charge on any atom is 0.335 e. The van der Waals surface area contributed by atoms with Crippen LogP contribution in [0.3, 0.4) is 0 Å². The van der Waals surface area contributed by atoms with Crippen molar-refractivity contribution in [1.29, 1.82) is 0 Å². The van der Waals surface area contributed by atoms with E-state index in [0.717, 1.165) is 22.3 Å². The lowest BCUT2D eigenvalue weighted by atomic mass is 10.0. The fraction of sp³-hybridized carbons (Fsp3) is 0.214. The Morgan fingerprint density at radius 1 is 1.00 bits per heavy atom. The molecule has 0 aliphatic carbocycles. The zero-order valence-electron chi connectivity index (χ0n) is 19.7. The Labute approximate surface area is 205 Å². The lowest BCUT2D eigenvalue weighted by molar-refractivity contribution is -0.133. The maximum absolute atomic E-state index is 13.2. The number of nitrogen functional groups attached to an aromatic ring is 1. The van der Waals surface area contributed by atoms with Gasteiger partial charge in [0, 0.05) is 30.2 Å². The molecule has 0 aromatic heterocycles. The molecule has 0 unspecified atom stereocenters. The average molecular weight is 472 g/mol. The van der Waals surface area contributed by atoms with Gasteiger partial charge in [-0.15, -0.1) is 0 Å². The molecule has 0 saturated carbocycles. The smallest absolute Gasteiger partial charge is 0.335 e. The van der Waals surface area contributed by atoms with Gasteiger partial charge in [0.2, 0.25) is 5.91 Å². The summed E-state index contributed by atoms with van der Waals surface area (Å²) in [5.74, 6) is -1.09. The van der Waals surface area contributed by atoms with Crippen LogP contribution in [0.4, 0.5) is 11.4 Å². The molecule has 7 nitrogen and oxygen atoms in total. The van der Waals surface area contributed by atoms with E-state index in [2.05, 4.69) is 6.58 Å². The molecular weight excluding hydrogens is 442 g/mol. The van der Waals surface area contributed by atoms with Crippen LogP contribution in [-0.4, -0.2) is 54.7 Å². The molecule has 0 spiro atoms. The molecule has 0 bridgehead atoms. The van der Waals surface area contributed by atoms with E-state index in [1.54, 1.807) is 28.0 Å². The Morgan fingerprint density at radius 3 is 2.34 bits per heavy atom. The Hall–Kier alpha value is -4.10. The fourth-order valence-corrected chi connectivity index (χ4v) is 4.14. The van der Waals surface area contributed by atoms with E-state index in [4.69, 9.17) is 10.5 Å². The monoisotopic (exact) mass is 471 g/mol. The highest BCUT2D eigenvalue weighted by molar-refractivity contribution is 5.93. The summed E-state index contributed by atoms with van der Waals surface area (Å²) < 4.78 is 5.37. The van der Waals surface area contributed by atoms with Crippen molar-refractivity contribution in [3.05, 3.63) is 90.0 Å². The molecule has 0 radical (unpaired) electrons. The summed E-state index contributed by atoms with van der Waals surface area (Å²) in [4.78, 5) is 28.4. The molecule has 1 fully saturated rings. The first-order valence-corrected chi connectivity index (χ1v) is 11.5. The average Bonchev–Trinajstić information content (AvgIpc) is 2.87. The number of hydrogen-bond acceptors (Lipinski definition) is 5. The maximum atomic E-state index is 13.2. The minimum atomic E-state index is -1.03. The lowest BCUT2D eigenvalue weighted by Gasteiger charge is -2.33. The van der Waals surface area contributed by atoms with E-state index in [0.29, 0.717) is 43.4 Å². The number of nitrogens with zero attached hydrogens (tertiary/aromatic N) is 2. The summed E-state index contributed by atoms with van der Waals surface area (Å²) in [6, 6.07) is 20.4. The molecule has 1 aliphatic heterocycles. The SMILES string of the molecule is C=C(c1ccc(-c2cccc(N)c2)cc1)N(CC(=O)N1CCOCC1)c1cc(C(=O)O)ccc1C. The van der Waals surface area contributed by atoms with Gasteiger partial charge < -0.3 is 25.4 Å². The van der Waals surface area contributed by atoms with Crippen LogP contribution in [0.5, 0.6) is 0 Å². The molecule has 0 atom stereocenters. The number of nitrogens with two attached hydrogens (primary N) is 1. The van der Waals surface area contributed by atoms with Gasteiger partial charge in [-0.2, -0.15) is 0 Å². The molecule has 1 saturated heterocycles. The van der Waals surface area contributed by atoms with Gasteiger partial charge in [-0.1, -0.05) is 49.0 Å². The van der Waals surface area contributed by atoms with Crippen molar-refractivity contribution in [2.24, 2.45) is 0 Å². The number of carboxylic acid groups (broad SMARTS) is 1. The molecule has 3 N–H and O–H groups in total. The molecule has 35 heavy (non-hydrogen) atoms. The number of carbonyl (C=O) groups is 2. The fourth-order valence-electron chi connectivity index (χ4n) is 4.14. The largest absolute Gasteiger partial charge is 0.478 e. The zero-order valence-corrected chi connectivity index (χ0v) is 19.7. The van der Waals surface area contributed by atoms with E-state index in [9.17, 15) is 14.7 Å². The second-order valence-electron chi connectivity index (χ2n) is 8.54. The van der Waals surface area contributed by atoms with E-state index in [-0.39, 0.29) is 18.0 Å². The van der Waals surface area contributed by atoms with Crippen LogP contribution < -0.4 is 10.6 Å². The number of amides is 1. The summed E-state index contributed by atoms with van der Waals surface area (Å²) in [6.45, 7) is 8.30. The summed E-state index contributed by atoms with van der Waals surface area (Å²) in [6.07, 6.45) is 0. The van der Waals surface area contributed by atoms with E-state index in [1.807, 2.05) is 55.5 Å². The van der Waals surface area contributed by atoms with Gasteiger partial charge in [0.25, 0.3) is 0 Å². The number of carboxylic acids is 1. The van der Waals surface area contributed by atoms with E-state index < -0.39 is 5.97 Å². The highest BCUT2D eigenvalue weighted by Gasteiger charge is 2.24. The first kappa shape index (κ1) is 24.0. The highest BCUT2D eigenvalue weighted by Crippen LogP contribution is 2.31. The number of hydrogen-bond donors (Lipinski definition) is 2. The third-order valence-corrected chi connectivity index (χ3v) is 6.17. The Morgan fingerprint density at radius 2 is 1.69 bits per heavy atom. The zero-order chi connectivity index (χ0) is 24.9. The van der Waals surface area contributed by atoms with Gasteiger partial charge in [-0.3, -0.25) is 4.79 Å². The van der Waals surface area contributed by atoms with Crippen LogP contribution in [0, 0.1) is 6.92 Å². The number of aromatic carboxylic acids is 1. The molecule has 3 aromatic rings. The van der Waals surface area contributed by atoms with Crippen molar-refractivity contribution < 1.29 is 19.4 Å². The Balaban J connectivity index is 1.67. The molecule has 4 rings (SSSR count). The summed E-state index contributed by atoms with van der Waals surface area (Å²) in [5, 5.41) is 9.54. The summed E-state index contributed by atoms with van der Waals surface area (Å²) in [7, 11) is 0. The van der Waals surface area contributed by atoms with Gasteiger partial charge in [-0.05, 0) is 53.4 Å². The number of ether oxygens (including phenoxy) is 1. The van der Waals surface area contributed by atoms with Crippen LogP contribution in [-0.2, 0) is 9.53 Å². The van der Waals surface area contributed by atoms with E-state index >= 15 is 0 Å². The number of anilines is 2. The predicted octanol–water partition coefficient (Wildman–Crippen LogP) is 4.28. The topological polar surface area (TPSA) is 96.1 Å². The molecule has 7 heteroatoms. The van der Waals surface area contributed by atoms with Gasteiger partial charge in [-0.25, -0.2) is 4.79 Å². The summed E-state index contributed by atoms with van der Waals surface area (Å²) >= 11 is 0. The van der Waals surface area contributed by atoms with Crippen LogP contribution in [0.2, 0.25) is 0 Å². The van der Waals surface area contributed by atoms with Gasteiger partial charge in [0.05, 0.1) is 18.8 Å². The van der Waals surface area contributed by atoms with Crippen molar-refractivity contribution in [3.8, 4) is 11.1 Å². The second-order valence-corrected chi connectivity index (χ2v) is 8.54. The molecule has 1 heterocycles. The number of morpholine rings is 1. The molecule has 1 amide bonds. The lowest BCUT2D eigenvalue weighted by Crippen LogP contribution is -2.45. The van der Waals surface area contributed by atoms with Crippen LogP contribution in [0.1, 0.15) is 21.5 Å². The number of benzene rings is 3. The Bertz CT molecular complexity index is 1250. The number of rotatable bonds is 7. The predicted molar refractivity (Wildman–Crippen MR) is 138 cm³/mol. The molecule has 3 aromatic carbocycles. The van der Waals surface area contributed by atoms with Crippen LogP contribution in [0.25, 0.3) is 16.8 Å². The first-order chi connectivity index (χ1) is 16.8. The summed E-state index contributed by atoms with van der Waals surface area (Å²) in [5.41, 5.74) is 11.7. The molecular formula is C28H29N3O4. The standard InChI is InChI=1S/C28H29N3O4/c1-19-6-7-24(28(33)34)17-26(19)31(18-27(32)30-12-14-35-15-13-30)20(2)21-8-10-22(11-9-21)23-4-3-5-25(29)16-23/h3-11,16-17H,2,12-15,18,29H2,1H3,(H,33,34). The van der Waals surface area contributed by atoms with E-state index in [1.165, 1.54) is 0 Å². The Kier molecular flexibility index (Phi) is 7.17. The molecule has 1 aliphatic rings. The quantitative estimate of drug-likeness (QED) is 0.500. The third kappa shape index (κ3) is 5.53. The van der Waals surface area contributed by atoms with Crippen LogP contribution in [0.15, 0.2) is 73.3 Å². The second kappa shape index (κ2) is 10.4. The van der Waals surface area contributed by atoms with Crippen molar-refractivity contribution in [2.75, 3.05) is 43.5 Å². The number of aryl methyl sites for hydroxylation is 1. The first-order valence-electron chi connectivity index (χ1n) is 11.5. The van der Waals surface area contributed by atoms with Gasteiger partial charge >= 0.3 is 5.97 Å². The minimum Gasteiger partial charge on any atom is -0.478 e.